The summed E-state index contributed by atoms with van der Waals surface area (Å²) in [5.74, 6) is 0. The van der Waals surface area contributed by atoms with Crippen LogP contribution in [0.5, 0.6) is 0 Å². The molecule has 0 saturated carbocycles. The summed E-state index contributed by atoms with van der Waals surface area (Å²) in [6.45, 7) is 5.56. The summed E-state index contributed by atoms with van der Waals surface area (Å²) in [6.07, 6.45) is 6.82. The third-order valence-corrected chi connectivity index (χ3v) is 4.02. The predicted molar refractivity (Wildman–Crippen MR) is 93.9 cm³/mol. The van der Waals surface area contributed by atoms with E-state index < -0.39 is 0 Å². The van der Waals surface area contributed by atoms with Crippen molar-refractivity contribution in [1.29, 1.82) is 0 Å². The average molecular weight is 324 g/mol. The van der Waals surface area contributed by atoms with Gasteiger partial charge in [-0.2, -0.15) is 0 Å². The van der Waals surface area contributed by atoms with E-state index >= 15 is 0 Å². The molecule has 2 rings (SSSR count). The molecular formula is C18H28O3S. The minimum atomic E-state index is 0.627. The molecule has 0 saturated heterocycles. The van der Waals surface area contributed by atoms with E-state index in [1.807, 2.05) is 0 Å². The Bertz CT molecular complexity index is 430. The Hall–Kier alpha value is -0.940. The van der Waals surface area contributed by atoms with Crippen molar-refractivity contribution in [3.05, 3.63) is 35.7 Å². The van der Waals surface area contributed by atoms with Crippen molar-refractivity contribution < 1.29 is 14.8 Å². The third-order valence-electron chi connectivity index (χ3n) is 3.12. The Morgan fingerprint density at radius 3 is 2.05 bits per heavy atom. The van der Waals surface area contributed by atoms with Crippen LogP contribution in [0.4, 0.5) is 0 Å². The lowest BCUT2D eigenvalue weighted by Gasteiger charge is -2.02. The number of thiophene rings is 1. The Labute approximate surface area is 138 Å². The van der Waals surface area contributed by atoms with Crippen LogP contribution in [-0.4, -0.2) is 13.2 Å². The Balaban J connectivity index is 0.000000231. The quantitative estimate of drug-likeness (QED) is 0.298. The van der Waals surface area contributed by atoms with Crippen molar-refractivity contribution in [3.8, 4) is 0 Å². The summed E-state index contributed by atoms with van der Waals surface area (Å²) in [6, 6.07) is 10.5. The van der Waals surface area contributed by atoms with Gasteiger partial charge in [-0.1, -0.05) is 62.8 Å². The molecule has 1 aromatic heterocycles. The lowest BCUT2D eigenvalue weighted by atomic mass is 10.3. The number of fused-ring (bicyclic) bond motifs is 1. The molecule has 22 heavy (non-hydrogen) atoms. The van der Waals surface area contributed by atoms with Crippen LogP contribution in [0.15, 0.2) is 35.7 Å². The van der Waals surface area contributed by atoms with Gasteiger partial charge in [-0.15, -0.1) is 11.3 Å². The molecule has 0 atom stereocenters. The summed E-state index contributed by atoms with van der Waals surface area (Å²) in [5, 5.41) is 7.99. The molecule has 4 heteroatoms. The van der Waals surface area contributed by atoms with Crippen molar-refractivity contribution in [3.63, 3.8) is 0 Å². The zero-order valence-corrected chi connectivity index (χ0v) is 14.6. The van der Waals surface area contributed by atoms with Gasteiger partial charge in [0, 0.05) is 4.70 Å². The van der Waals surface area contributed by atoms with Crippen LogP contribution < -0.4 is 0 Å². The molecule has 1 aromatic carbocycles. The van der Waals surface area contributed by atoms with Crippen molar-refractivity contribution in [2.75, 3.05) is 13.2 Å². The zero-order valence-electron chi connectivity index (χ0n) is 13.8. The molecule has 0 spiro atoms. The fourth-order valence-corrected chi connectivity index (χ4v) is 2.62. The molecule has 0 amide bonds. The molecule has 1 heterocycles. The van der Waals surface area contributed by atoms with E-state index in [9.17, 15) is 0 Å². The van der Waals surface area contributed by atoms with Crippen molar-refractivity contribution >= 4 is 21.4 Å². The minimum absolute atomic E-state index is 0.627. The highest BCUT2D eigenvalue weighted by Gasteiger charge is 1.91. The number of hydrogen-bond acceptors (Lipinski definition) is 4. The smallest absolute Gasteiger partial charge is 0.0853 e. The maximum absolute atomic E-state index is 4.79. The van der Waals surface area contributed by atoms with E-state index in [1.54, 1.807) is 11.3 Å². The first-order chi connectivity index (χ1) is 10.9. The van der Waals surface area contributed by atoms with Gasteiger partial charge in [-0.25, -0.2) is 9.78 Å². The van der Waals surface area contributed by atoms with E-state index in [4.69, 9.17) is 9.78 Å². The van der Waals surface area contributed by atoms with Gasteiger partial charge in [0.15, 0.2) is 0 Å². The van der Waals surface area contributed by atoms with Gasteiger partial charge in [0.1, 0.15) is 0 Å². The summed E-state index contributed by atoms with van der Waals surface area (Å²) >= 11 is 1.79. The summed E-state index contributed by atoms with van der Waals surface area (Å²) in [5.41, 5.74) is 0. The second-order valence-electron chi connectivity index (χ2n) is 5.08. The molecule has 0 aliphatic carbocycles. The van der Waals surface area contributed by atoms with E-state index in [1.165, 1.54) is 35.8 Å². The van der Waals surface area contributed by atoms with Crippen molar-refractivity contribution in [1.82, 2.24) is 0 Å². The SMILES string of the molecule is CCCCCOOOCCCCC.c1ccc2sccc2c1. The lowest BCUT2D eigenvalue weighted by Crippen LogP contribution is -2.00. The first-order valence-electron chi connectivity index (χ1n) is 8.21. The topological polar surface area (TPSA) is 27.7 Å². The highest BCUT2D eigenvalue weighted by Crippen LogP contribution is 2.18. The van der Waals surface area contributed by atoms with E-state index in [0.29, 0.717) is 13.2 Å². The van der Waals surface area contributed by atoms with Crippen LogP contribution in [0.1, 0.15) is 52.4 Å². The fourth-order valence-electron chi connectivity index (χ4n) is 1.83. The number of rotatable bonds is 10. The highest BCUT2D eigenvalue weighted by atomic mass is 32.1. The Morgan fingerprint density at radius 1 is 0.818 bits per heavy atom. The second kappa shape index (κ2) is 13.7. The Kier molecular flexibility index (Phi) is 11.9. The summed E-state index contributed by atoms with van der Waals surface area (Å²) in [4.78, 5) is 9.59. The third kappa shape index (κ3) is 9.15. The molecule has 3 nitrogen and oxygen atoms in total. The molecule has 0 fully saturated rings. The maximum Gasteiger partial charge on any atom is 0.0853 e. The monoisotopic (exact) mass is 324 g/mol. The number of hydrogen-bond donors (Lipinski definition) is 0. The molecule has 2 aromatic rings. The van der Waals surface area contributed by atoms with Crippen LogP contribution >= 0.6 is 11.3 Å². The average Bonchev–Trinajstić information content (AvgIpc) is 3.03. The van der Waals surface area contributed by atoms with Crippen molar-refractivity contribution in [2.45, 2.75) is 52.4 Å². The van der Waals surface area contributed by atoms with Crippen LogP contribution in [0.3, 0.4) is 0 Å². The van der Waals surface area contributed by atoms with Gasteiger partial charge in [-0.05, 0) is 35.7 Å². The van der Waals surface area contributed by atoms with Gasteiger partial charge in [-0.3, -0.25) is 0 Å². The van der Waals surface area contributed by atoms with Gasteiger partial charge in [0.25, 0.3) is 0 Å². The van der Waals surface area contributed by atoms with Gasteiger partial charge >= 0.3 is 0 Å². The lowest BCUT2D eigenvalue weighted by molar-refractivity contribution is -0.512. The normalized spacial score (nSPS) is 10.5. The first kappa shape index (κ1) is 19.1. The van der Waals surface area contributed by atoms with Crippen molar-refractivity contribution in [2.24, 2.45) is 0 Å². The van der Waals surface area contributed by atoms with Gasteiger partial charge in [0.2, 0.25) is 0 Å². The van der Waals surface area contributed by atoms with E-state index in [-0.39, 0.29) is 0 Å². The molecule has 0 bridgehead atoms. The molecular weight excluding hydrogens is 296 g/mol. The summed E-state index contributed by atoms with van der Waals surface area (Å²) < 4.78 is 1.37. The van der Waals surface area contributed by atoms with Crippen LogP contribution in [0, 0.1) is 0 Å². The van der Waals surface area contributed by atoms with Crippen LogP contribution in [0.2, 0.25) is 0 Å². The largest absolute Gasteiger partial charge is 0.206 e. The molecule has 0 radical (unpaired) electrons. The van der Waals surface area contributed by atoms with Crippen LogP contribution in [-0.2, 0) is 14.8 Å². The maximum atomic E-state index is 4.79. The molecule has 0 aliphatic rings. The molecule has 124 valence electrons. The highest BCUT2D eigenvalue weighted by molar-refractivity contribution is 7.17. The predicted octanol–water partition coefficient (Wildman–Crippen LogP) is 6.15. The molecule has 0 unspecified atom stereocenters. The minimum Gasteiger partial charge on any atom is -0.206 e. The Morgan fingerprint density at radius 2 is 1.45 bits per heavy atom. The standard InChI is InChI=1S/C10H22O3.C8H6S/c1-3-5-7-9-11-13-12-10-8-6-4-2;1-2-4-8-7(3-1)5-6-9-8/h3-10H2,1-2H3;1-6H. The van der Waals surface area contributed by atoms with Gasteiger partial charge < -0.3 is 0 Å². The number of unbranched alkanes of at least 4 members (excludes halogenated alkanes) is 4. The summed E-state index contributed by atoms with van der Waals surface area (Å²) in [7, 11) is 0. The first-order valence-corrected chi connectivity index (χ1v) is 9.09. The molecule has 0 N–H and O–H groups in total. The van der Waals surface area contributed by atoms with Crippen LogP contribution in [0.25, 0.3) is 10.1 Å². The van der Waals surface area contributed by atoms with E-state index in [0.717, 1.165) is 12.8 Å². The van der Waals surface area contributed by atoms with Gasteiger partial charge in [0.05, 0.1) is 13.2 Å². The number of benzene rings is 1. The second-order valence-corrected chi connectivity index (χ2v) is 6.03. The zero-order chi connectivity index (χ0) is 15.9. The molecule has 0 aliphatic heterocycles. The fraction of sp³-hybridized carbons (Fsp3) is 0.556. The van der Waals surface area contributed by atoms with E-state index in [2.05, 4.69) is 54.6 Å².